The number of hydrogen-bond donors (Lipinski definition) is 1. The third-order valence-electron chi connectivity index (χ3n) is 4.96. The molecule has 6 nitrogen and oxygen atoms in total. The van der Waals surface area contributed by atoms with Crippen LogP contribution >= 0.6 is 0 Å². The predicted molar refractivity (Wildman–Crippen MR) is 105 cm³/mol. The molecule has 3 heterocycles. The first-order valence-electron chi connectivity index (χ1n) is 9.61. The van der Waals surface area contributed by atoms with Gasteiger partial charge in [-0.1, -0.05) is 29.5 Å². The van der Waals surface area contributed by atoms with Gasteiger partial charge in [-0.2, -0.15) is 5.10 Å². The van der Waals surface area contributed by atoms with Crippen molar-refractivity contribution in [2.75, 3.05) is 44.8 Å². The van der Waals surface area contributed by atoms with Gasteiger partial charge in [0.1, 0.15) is 12.0 Å². The zero-order valence-corrected chi connectivity index (χ0v) is 15.8. The van der Waals surface area contributed by atoms with Gasteiger partial charge in [0, 0.05) is 38.2 Å². The van der Waals surface area contributed by atoms with Crippen LogP contribution in [0.15, 0.2) is 30.5 Å². The van der Waals surface area contributed by atoms with Gasteiger partial charge >= 0.3 is 0 Å². The van der Waals surface area contributed by atoms with Crippen molar-refractivity contribution in [3.8, 4) is 11.8 Å². The molecular weight excluding hydrogens is 340 g/mol. The first-order chi connectivity index (χ1) is 13.3. The molecule has 0 bridgehead atoms. The Morgan fingerprint density at radius 2 is 2.00 bits per heavy atom. The van der Waals surface area contributed by atoms with E-state index in [1.165, 1.54) is 5.56 Å². The number of ether oxygens (including phenoxy) is 2. The van der Waals surface area contributed by atoms with Crippen LogP contribution in [0.5, 0.6) is 0 Å². The van der Waals surface area contributed by atoms with E-state index in [2.05, 4.69) is 46.2 Å². The highest BCUT2D eigenvalue weighted by molar-refractivity contribution is 5.56. The summed E-state index contributed by atoms with van der Waals surface area (Å²) in [6, 6.07) is 8.24. The Hall–Kier alpha value is -2.33. The Labute approximate surface area is 160 Å². The maximum Gasteiger partial charge on any atom is 0.142 e. The number of nitrogens with one attached hydrogen (secondary N) is 1. The number of nitrogens with zero attached hydrogens (tertiary/aromatic N) is 3. The van der Waals surface area contributed by atoms with Gasteiger partial charge in [-0.15, -0.1) is 0 Å². The topological polar surface area (TPSA) is 51.5 Å². The molecule has 0 radical (unpaired) electrons. The minimum Gasteiger partial charge on any atom is -0.379 e. The third-order valence-corrected chi connectivity index (χ3v) is 4.96. The van der Waals surface area contributed by atoms with Crippen LogP contribution in [0.3, 0.4) is 0 Å². The van der Waals surface area contributed by atoms with Gasteiger partial charge in [0.25, 0.3) is 0 Å². The van der Waals surface area contributed by atoms with Gasteiger partial charge < -0.3 is 14.8 Å². The van der Waals surface area contributed by atoms with Gasteiger partial charge in [-0.25, -0.2) is 4.68 Å². The molecule has 1 atom stereocenters. The summed E-state index contributed by atoms with van der Waals surface area (Å²) >= 11 is 0. The van der Waals surface area contributed by atoms with E-state index in [0.717, 1.165) is 69.4 Å². The third kappa shape index (κ3) is 4.69. The smallest absolute Gasteiger partial charge is 0.142 e. The second kappa shape index (κ2) is 8.57. The van der Waals surface area contributed by atoms with Crippen molar-refractivity contribution >= 4 is 5.82 Å². The van der Waals surface area contributed by atoms with Crippen molar-refractivity contribution in [3.05, 3.63) is 47.2 Å². The summed E-state index contributed by atoms with van der Waals surface area (Å²) in [6.45, 7) is 8.22. The van der Waals surface area contributed by atoms with Crippen LogP contribution in [0, 0.1) is 18.8 Å². The first kappa shape index (κ1) is 18.1. The quantitative estimate of drug-likeness (QED) is 0.840. The molecule has 1 fully saturated rings. The second-order valence-corrected chi connectivity index (χ2v) is 6.99. The fourth-order valence-corrected chi connectivity index (χ4v) is 3.31. The number of hydrogen-bond acceptors (Lipinski definition) is 5. The van der Waals surface area contributed by atoms with Gasteiger partial charge in [-0.3, -0.25) is 4.90 Å². The van der Waals surface area contributed by atoms with Gasteiger partial charge in [0.2, 0.25) is 0 Å². The highest BCUT2D eigenvalue weighted by Gasteiger charge is 2.21. The minimum atomic E-state index is 0.00941. The normalized spacial score (nSPS) is 19.7. The van der Waals surface area contributed by atoms with Gasteiger partial charge in [-0.05, 0) is 19.1 Å². The molecule has 1 N–H and O–H groups in total. The van der Waals surface area contributed by atoms with E-state index in [1.54, 1.807) is 0 Å². The standard InChI is InChI=1S/C21H26N4O2/c1-17-2-4-18(5-3-17)6-7-19-16-22-25-9-8-20(23-21(19)25)27-15-12-24-10-13-26-14-11-24/h2-5,16,20,23H,8-15H2,1H3. The summed E-state index contributed by atoms with van der Waals surface area (Å²) in [4.78, 5) is 2.38. The Balaban J connectivity index is 1.35. The number of aryl methyl sites for hydroxylation is 2. The van der Waals surface area contributed by atoms with Crippen LogP contribution in [0.2, 0.25) is 0 Å². The molecule has 1 unspecified atom stereocenters. The van der Waals surface area contributed by atoms with Crippen LogP contribution in [0.1, 0.15) is 23.1 Å². The van der Waals surface area contributed by atoms with E-state index in [9.17, 15) is 0 Å². The maximum absolute atomic E-state index is 6.06. The van der Waals surface area contributed by atoms with E-state index < -0.39 is 0 Å². The Kier molecular flexibility index (Phi) is 5.73. The molecule has 0 saturated carbocycles. The molecule has 2 aromatic rings. The Bertz CT molecular complexity index is 813. The Morgan fingerprint density at radius 1 is 1.19 bits per heavy atom. The van der Waals surface area contributed by atoms with Crippen molar-refractivity contribution in [2.24, 2.45) is 0 Å². The molecular formula is C21H26N4O2. The lowest BCUT2D eigenvalue weighted by Gasteiger charge is -2.29. The molecule has 27 heavy (non-hydrogen) atoms. The summed E-state index contributed by atoms with van der Waals surface area (Å²) in [5, 5.41) is 7.91. The average Bonchev–Trinajstić information content (AvgIpc) is 3.11. The number of fused-ring (bicyclic) bond motifs is 1. The van der Waals surface area contributed by atoms with Crippen LogP contribution in [0.4, 0.5) is 5.82 Å². The van der Waals surface area contributed by atoms with Crippen LogP contribution in [-0.2, 0) is 16.0 Å². The molecule has 0 spiro atoms. The highest BCUT2D eigenvalue weighted by atomic mass is 16.5. The van der Waals surface area contributed by atoms with Crippen molar-refractivity contribution < 1.29 is 9.47 Å². The maximum atomic E-state index is 6.06. The number of morpholine rings is 1. The van der Waals surface area contributed by atoms with Crippen molar-refractivity contribution in [2.45, 2.75) is 26.1 Å². The molecule has 1 aromatic carbocycles. The lowest BCUT2D eigenvalue weighted by atomic mass is 10.1. The molecule has 0 amide bonds. The number of rotatable bonds is 4. The van der Waals surface area contributed by atoms with E-state index in [4.69, 9.17) is 9.47 Å². The Morgan fingerprint density at radius 3 is 2.81 bits per heavy atom. The first-order valence-corrected chi connectivity index (χ1v) is 9.61. The van der Waals surface area contributed by atoms with E-state index in [-0.39, 0.29) is 6.23 Å². The lowest BCUT2D eigenvalue weighted by Crippen LogP contribution is -2.40. The number of benzene rings is 1. The SMILES string of the molecule is Cc1ccc(C#Cc2cnn3c2NC(OCCN2CCOCC2)CC3)cc1. The monoisotopic (exact) mass is 366 g/mol. The van der Waals surface area contributed by atoms with Crippen molar-refractivity contribution in [1.29, 1.82) is 0 Å². The largest absolute Gasteiger partial charge is 0.379 e. The van der Waals surface area contributed by atoms with Crippen LogP contribution in [0.25, 0.3) is 0 Å². The molecule has 0 aliphatic carbocycles. The summed E-state index contributed by atoms with van der Waals surface area (Å²) in [7, 11) is 0. The summed E-state index contributed by atoms with van der Waals surface area (Å²) < 4.78 is 13.4. The molecule has 2 aliphatic heterocycles. The fraction of sp³-hybridized carbons (Fsp3) is 0.476. The zero-order valence-electron chi connectivity index (χ0n) is 15.8. The predicted octanol–water partition coefficient (Wildman–Crippen LogP) is 2.08. The highest BCUT2D eigenvalue weighted by Crippen LogP contribution is 2.22. The van der Waals surface area contributed by atoms with Crippen LogP contribution < -0.4 is 5.32 Å². The molecule has 6 heteroatoms. The second-order valence-electron chi connectivity index (χ2n) is 6.99. The molecule has 2 aliphatic rings. The number of anilines is 1. The zero-order chi connectivity index (χ0) is 18.5. The molecule has 1 aromatic heterocycles. The van der Waals surface area contributed by atoms with E-state index >= 15 is 0 Å². The minimum absolute atomic E-state index is 0.00941. The van der Waals surface area contributed by atoms with Crippen molar-refractivity contribution in [3.63, 3.8) is 0 Å². The summed E-state index contributed by atoms with van der Waals surface area (Å²) in [6.07, 6.45) is 2.75. The van der Waals surface area contributed by atoms with Crippen molar-refractivity contribution in [1.82, 2.24) is 14.7 Å². The van der Waals surface area contributed by atoms with E-state index in [0.29, 0.717) is 0 Å². The van der Waals surface area contributed by atoms with Gasteiger partial charge in [0.15, 0.2) is 0 Å². The number of aromatic nitrogens is 2. The fourth-order valence-electron chi connectivity index (χ4n) is 3.31. The lowest BCUT2D eigenvalue weighted by molar-refractivity contribution is 0.00366. The molecule has 4 rings (SSSR count). The average molecular weight is 366 g/mol. The van der Waals surface area contributed by atoms with Crippen LogP contribution in [-0.4, -0.2) is 60.4 Å². The molecule has 1 saturated heterocycles. The summed E-state index contributed by atoms with van der Waals surface area (Å²) in [5.41, 5.74) is 3.16. The van der Waals surface area contributed by atoms with Gasteiger partial charge in [0.05, 0.1) is 31.6 Å². The van der Waals surface area contributed by atoms with E-state index in [1.807, 2.05) is 23.0 Å². The summed E-state index contributed by atoms with van der Waals surface area (Å²) in [5.74, 6) is 7.42. The molecule has 142 valence electrons.